The Bertz CT molecular complexity index is 833. The number of amides is 1. The average Bonchev–Trinajstić information content (AvgIpc) is 2.68. The summed E-state index contributed by atoms with van der Waals surface area (Å²) in [6, 6.07) is 12.4. The van der Waals surface area contributed by atoms with Crippen molar-refractivity contribution in [3.05, 3.63) is 58.6 Å². The zero-order valence-electron chi connectivity index (χ0n) is 15.2. The minimum atomic E-state index is -0.737. The van der Waals surface area contributed by atoms with Gasteiger partial charge in [0.2, 0.25) is 0 Å². The first-order valence-corrected chi connectivity index (χ1v) is 8.89. The molecule has 0 aromatic heterocycles. The number of nitrogens with one attached hydrogen (secondary N) is 1. The summed E-state index contributed by atoms with van der Waals surface area (Å²) in [4.78, 5) is 23.5. The number of carbonyl (C=O) groups is 2. The molecule has 1 N–H and O–H groups in total. The summed E-state index contributed by atoms with van der Waals surface area (Å²) in [5.41, 5.74) is 1.41. The van der Waals surface area contributed by atoms with Crippen LogP contribution in [0.25, 0.3) is 6.08 Å². The Kier molecular flexibility index (Phi) is 7.43. The van der Waals surface area contributed by atoms with Crippen molar-refractivity contribution in [3.8, 4) is 11.5 Å². The van der Waals surface area contributed by atoms with Gasteiger partial charge >= 0.3 is 5.97 Å². The first-order valence-electron chi connectivity index (χ1n) is 8.10. The molecule has 1 amide bonds. The largest absolute Gasteiger partial charge is 0.493 e. The summed E-state index contributed by atoms with van der Waals surface area (Å²) < 4.78 is 16.5. The minimum Gasteiger partial charge on any atom is -0.493 e. The van der Waals surface area contributed by atoms with Gasteiger partial charge < -0.3 is 19.5 Å². The van der Waals surface area contributed by atoms with Crippen LogP contribution < -0.4 is 14.8 Å². The SMILES string of the molecule is COC(=O)/C=C\c1ccc(O[C@H](C)C(=O)Nc2ccc(Br)cc2)c(OC)c1. The van der Waals surface area contributed by atoms with Crippen LogP contribution in [0, 0.1) is 0 Å². The quantitative estimate of drug-likeness (QED) is 0.526. The van der Waals surface area contributed by atoms with Gasteiger partial charge in [0.25, 0.3) is 5.91 Å². The molecule has 1 atom stereocenters. The van der Waals surface area contributed by atoms with Gasteiger partial charge in [0.15, 0.2) is 17.6 Å². The number of benzene rings is 2. The molecule has 0 aliphatic carbocycles. The number of esters is 1. The molecule has 0 heterocycles. The van der Waals surface area contributed by atoms with E-state index in [-0.39, 0.29) is 5.91 Å². The van der Waals surface area contributed by atoms with E-state index in [1.165, 1.54) is 20.3 Å². The van der Waals surface area contributed by atoms with Crippen molar-refractivity contribution < 1.29 is 23.8 Å². The minimum absolute atomic E-state index is 0.283. The van der Waals surface area contributed by atoms with Crippen LogP contribution in [0.3, 0.4) is 0 Å². The predicted molar refractivity (Wildman–Crippen MR) is 107 cm³/mol. The molecule has 0 saturated heterocycles. The molecule has 142 valence electrons. The van der Waals surface area contributed by atoms with E-state index in [4.69, 9.17) is 9.47 Å². The Morgan fingerprint density at radius 1 is 1.07 bits per heavy atom. The molecule has 0 bridgehead atoms. The topological polar surface area (TPSA) is 73.9 Å². The number of carbonyl (C=O) groups excluding carboxylic acids is 2. The molecule has 0 unspecified atom stereocenters. The molecule has 0 radical (unpaired) electrons. The highest BCUT2D eigenvalue weighted by molar-refractivity contribution is 9.10. The van der Waals surface area contributed by atoms with Crippen molar-refractivity contribution in [2.24, 2.45) is 0 Å². The average molecular weight is 434 g/mol. The smallest absolute Gasteiger partial charge is 0.330 e. The maximum atomic E-state index is 12.3. The molecule has 7 heteroatoms. The van der Waals surface area contributed by atoms with Crippen molar-refractivity contribution >= 4 is 39.6 Å². The van der Waals surface area contributed by atoms with Crippen molar-refractivity contribution in [1.29, 1.82) is 0 Å². The lowest BCUT2D eigenvalue weighted by atomic mass is 10.2. The highest BCUT2D eigenvalue weighted by Crippen LogP contribution is 2.29. The van der Waals surface area contributed by atoms with Gasteiger partial charge in [-0.05, 0) is 55.0 Å². The predicted octanol–water partition coefficient (Wildman–Crippen LogP) is 4.05. The van der Waals surface area contributed by atoms with Crippen molar-refractivity contribution in [2.45, 2.75) is 13.0 Å². The second-order valence-electron chi connectivity index (χ2n) is 5.52. The number of rotatable bonds is 7. The third-order valence-electron chi connectivity index (χ3n) is 3.59. The van der Waals surface area contributed by atoms with Gasteiger partial charge in [-0.3, -0.25) is 4.79 Å². The van der Waals surface area contributed by atoms with Gasteiger partial charge in [0.05, 0.1) is 14.2 Å². The summed E-state index contributed by atoms with van der Waals surface area (Å²) >= 11 is 3.35. The lowest BCUT2D eigenvalue weighted by molar-refractivity contribution is -0.134. The van der Waals surface area contributed by atoms with Crippen LogP contribution in [0.1, 0.15) is 12.5 Å². The molecular formula is C20H20BrNO5. The third-order valence-corrected chi connectivity index (χ3v) is 4.11. The highest BCUT2D eigenvalue weighted by atomic mass is 79.9. The van der Waals surface area contributed by atoms with E-state index in [0.29, 0.717) is 17.2 Å². The first kappa shape index (κ1) is 20.5. The maximum absolute atomic E-state index is 12.3. The van der Waals surface area contributed by atoms with E-state index in [1.807, 2.05) is 12.1 Å². The Morgan fingerprint density at radius 3 is 2.41 bits per heavy atom. The fraction of sp³-hybridized carbons (Fsp3) is 0.200. The first-order chi connectivity index (χ1) is 12.9. The van der Waals surface area contributed by atoms with Crippen LogP contribution in [0.15, 0.2) is 53.0 Å². The van der Waals surface area contributed by atoms with Crippen molar-refractivity contribution in [2.75, 3.05) is 19.5 Å². The highest BCUT2D eigenvalue weighted by Gasteiger charge is 2.17. The molecule has 2 aromatic carbocycles. The number of methoxy groups -OCH3 is 2. The molecule has 0 spiro atoms. The Balaban J connectivity index is 2.06. The van der Waals surface area contributed by atoms with Crippen LogP contribution in [0.4, 0.5) is 5.69 Å². The van der Waals surface area contributed by atoms with E-state index < -0.39 is 12.1 Å². The zero-order valence-corrected chi connectivity index (χ0v) is 16.8. The van der Waals surface area contributed by atoms with Crippen LogP contribution in [0.5, 0.6) is 11.5 Å². The molecule has 0 saturated carbocycles. The van der Waals surface area contributed by atoms with Gasteiger partial charge in [-0.2, -0.15) is 0 Å². The van der Waals surface area contributed by atoms with Gasteiger partial charge in [0.1, 0.15) is 0 Å². The summed E-state index contributed by atoms with van der Waals surface area (Å²) in [6.45, 7) is 1.65. The number of halogens is 1. The fourth-order valence-corrected chi connectivity index (χ4v) is 2.40. The second kappa shape index (κ2) is 9.78. The van der Waals surface area contributed by atoms with E-state index in [1.54, 1.807) is 43.3 Å². The second-order valence-corrected chi connectivity index (χ2v) is 6.44. The van der Waals surface area contributed by atoms with Crippen LogP contribution in [-0.2, 0) is 14.3 Å². The van der Waals surface area contributed by atoms with Gasteiger partial charge in [-0.1, -0.05) is 22.0 Å². The third kappa shape index (κ3) is 6.14. The lowest BCUT2D eigenvalue weighted by Gasteiger charge is -2.17. The summed E-state index contributed by atoms with van der Waals surface area (Å²) in [5.74, 6) is 0.137. The molecule has 6 nitrogen and oxygen atoms in total. The van der Waals surface area contributed by atoms with Crippen LogP contribution in [-0.4, -0.2) is 32.2 Å². The molecule has 0 aliphatic rings. The molecule has 2 rings (SSSR count). The molecular weight excluding hydrogens is 414 g/mol. The van der Waals surface area contributed by atoms with Gasteiger partial charge in [-0.25, -0.2) is 4.79 Å². The van der Waals surface area contributed by atoms with Crippen LogP contribution in [0.2, 0.25) is 0 Å². The summed E-state index contributed by atoms with van der Waals surface area (Å²) in [7, 11) is 2.81. The number of ether oxygens (including phenoxy) is 3. The fourth-order valence-electron chi connectivity index (χ4n) is 2.14. The normalized spacial score (nSPS) is 11.7. The number of hydrogen-bond donors (Lipinski definition) is 1. The van der Waals surface area contributed by atoms with E-state index in [0.717, 1.165) is 10.0 Å². The van der Waals surface area contributed by atoms with E-state index >= 15 is 0 Å². The van der Waals surface area contributed by atoms with Gasteiger partial charge in [0, 0.05) is 16.2 Å². The number of hydrogen-bond acceptors (Lipinski definition) is 5. The zero-order chi connectivity index (χ0) is 19.8. The lowest BCUT2D eigenvalue weighted by Crippen LogP contribution is -2.30. The summed E-state index contributed by atoms with van der Waals surface area (Å²) in [6.07, 6.45) is 2.17. The van der Waals surface area contributed by atoms with E-state index in [2.05, 4.69) is 26.0 Å². The molecule has 27 heavy (non-hydrogen) atoms. The van der Waals surface area contributed by atoms with E-state index in [9.17, 15) is 9.59 Å². The maximum Gasteiger partial charge on any atom is 0.330 e. The van der Waals surface area contributed by atoms with Crippen LogP contribution >= 0.6 is 15.9 Å². The monoisotopic (exact) mass is 433 g/mol. The molecule has 2 aromatic rings. The molecule has 0 aliphatic heterocycles. The Hall–Kier alpha value is -2.80. The number of anilines is 1. The van der Waals surface area contributed by atoms with Gasteiger partial charge in [-0.15, -0.1) is 0 Å². The standard InChI is InChI=1S/C20H20BrNO5/c1-13(20(24)22-16-8-6-15(21)7-9-16)27-17-10-4-14(12-18(17)25-2)5-11-19(23)26-3/h4-13H,1-3H3,(H,22,24)/b11-5-/t13-/m1/s1. The van der Waals surface area contributed by atoms with Crippen molar-refractivity contribution in [1.82, 2.24) is 0 Å². The van der Waals surface area contributed by atoms with Crippen molar-refractivity contribution in [3.63, 3.8) is 0 Å². The molecule has 0 fully saturated rings. The Labute approximate surface area is 166 Å². The Morgan fingerprint density at radius 2 is 1.78 bits per heavy atom. The summed E-state index contributed by atoms with van der Waals surface area (Å²) in [5, 5.41) is 2.79.